The molecule has 0 bridgehead atoms. The Labute approximate surface area is 118 Å². The lowest BCUT2D eigenvalue weighted by molar-refractivity contribution is -0.137. The number of carboxylic acids is 1. The number of rotatable bonds is 4. The first-order chi connectivity index (χ1) is 9.00. The molecule has 2 rings (SSSR count). The van der Waals surface area contributed by atoms with Gasteiger partial charge in [0.05, 0.1) is 12.5 Å². The number of carboxylic acid groups (broad SMARTS) is 1. The molecule has 100 valence electrons. The quantitative estimate of drug-likeness (QED) is 0.934. The minimum absolute atomic E-state index is 0.0227. The Kier molecular flexibility index (Phi) is 3.94. The zero-order chi connectivity index (χ0) is 14.0. The molecule has 1 aromatic carbocycles. The van der Waals surface area contributed by atoms with Crippen LogP contribution in [0.1, 0.15) is 24.9 Å². The van der Waals surface area contributed by atoms with Crippen LogP contribution in [-0.2, 0) is 4.79 Å². The monoisotopic (exact) mass is 324 g/mol. The van der Waals surface area contributed by atoms with Crippen molar-refractivity contribution in [1.29, 1.82) is 0 Å². The SMILES string of the molecule is Cc1c(Br)cccc1-c1nnnn1C(C)CC(=O)O. The topological polar surface area (TPSA) is 80.9 Å². The summed E-state index contributed by atoms with van der Waals surface area (Å²) in [6, 6.07) is 5.44. The van der Waals surface area contributed by atoms with Gasteiger partial charge < -0.3 is 5.11 Å². The summed E-state index contributed by atoms with van der Waals surface area (Å²) < 4.78 is 2.51. The van der Waals surface area contributed by atoms with Crippen LogP contribution in [0.25, 0.3) is 11.4 Å². The van der Waals surface area contributed by atoms with Gasteiger partial charge in [-0.25, -0.2) is 4.68 Å². The number of aliphatic carboxylic acids is 1. The Hall–Kier alpha value is -1.76. The number of hydrogen-bond donors (Lipinski definition) is 1. The van der Waals surface area contributed by atoms with Crippen molar-refractivity contribution in [3.8, 4) is 11.4 Å². The van der Waals surface area contributed by atoms with E-state index >= 15 is 0 Å². The molecule has 7 heteroatoms. The maximum absolute atomic E-state index is 10.8. The second-order valence-corrected chi connectivity index (χ2v) is 5.16. The van der Waals surface area contributed by atoms with Crippen LogP contribution < -0.4 is 0 Å². The van der Waals surface area contributed by atoms with E-state index in [0.29, 0.717) is 5.82 Å². The summed E-state index contributed by atoms with van der Waals surface area (Å²) in [7, 11) is 0. The highest BCUT2D eigenvalue weighted by Crippen LogP contribution is 2.28. The summed E-state index contributed by atoms with van der Waals surface area (Å²) in [5.41, 5.74) is 1.90. The highest BCUT2D eigenvalue weighted by molar-refractivity contribution is 9.10. The number of tetrazole rings is 1. The van der Waals surface area contributed by atoms with E-state index in [1.165, 1.54) is 0 Å². The molecule has 0 aliphatic rings. The fourth-order valence-corrected chi connectivity index (χ4v) is 2.22. The summed E-state index contributed by atoms with van der Waals surface area (Å²) in [5.74, 6) is -0.299. The average Bonchev–Trinajstić information content (AvgIpc) is 2.80. The smallest absolute Gasteiger partial charge is 0.305 e. The standard InChI is InChI=1S/C12H13BrN4O2/c1-7(6-11(18)19)17-12(14-15-16-17)9-4-3-5-10(13)8(9)2/h3-5,7H,6H2,1-2H3,(H,18,19). The Morgan fingerprint density at radius 2 is 2.26 bits per heavy atom. The van der Waals surface area contributed by atoms with Crippen LogP contribution in [-0.4, -0.2) is 31.3 Å². The lowest BCUT2D eigenvalue weighted by atomic mass is 10.1. The number of nitrogens with zero attached hydrogens (tertiary/aromatic N) is 4. The average molecular weight is 325 g/mol. The third-order valence-electron chi connectivity index (χ3n) is 2.89. The van der Waals surface area contributed by atoms with E-state index in [-0.39, 0.29) is 12.5 Å². The third-order valence-corrected chi connectivity index (χ3v) is 3.75. The normalized spacial score (nSPS) is 12.4. The molecule has 0 amide bonds. The molecule has 1 unspecified atom stereocenters. The molecule has 6 nitrogen and oxygen atoms in total. The Balaban J connectivity index is 2.44. The van der Waals surface area contributed by atoms with E-state index < -0.39 is 5.97 Å². The van der Waals surface area contributed by atoms with Crippen molar-refractivity contribution in [3.05, 3.63) is 28.2 Å². The molecule has 0 saturated carbocycles. The van der Waals surface area contributed by atoms with E-state index in [2.05, 4.69) is 31.5 Å². The van der Waals surface area contributed by atoms with Crippen molar-refractivity contribution in [2.75, 3.05) is 0 Å². The molecule has 0 fully saturated rings. The number of hydrogen-bond acceptors (Lipinski definition) is 4. The maximum Gasteiger partial charge on any atom is 0.305 e. The molecule has 0 aliphatic carbocycles. The molecule has 1 aromatic heterocycles. The van der Waals surface area contributed by atoms with Crippen molar-refractivity contribution < 1.29 is 9.90 Å². The lowest BCUT2D eigenvalue weighted by Crippen LogP contribution is -2.13. The van der Waals surface area contributed by atoms with Gasteiger partial charge in [0.25, 0.3) is 0 Å². The minimum Gasteiger partial charge on any atom is -0.481 e. The van der Waals surface area contributed by atoms with Gasteiger partial charge in [0, 0.05) is 10.0 Å². The lowest BCUT2D eigenvalue weighted by Gasteiger charge is -2.12. The van der Waals surface area contributed by atoms with Crippen LogP contribution in [0, 0.1) is 6.92 Å². The van der Waals surface area contributed by atoms with Gasteiger partial charge in [0.2, 0.25) is 0 Å². The second-order valence-electron chi connectivity index (χ2n) is 4.31. The molecule has 2 aromatic rings. The molecular weight excluding hydrogens is 312 g/mol. The van der Waals surface area contributed by atoms with Gasteiger partial charge in [-0.05, 0) is 35.9 Å². The van der Waals surface area contributed by atoms with E-state index in [4.69, 9.17) is 5.11 Å². The number of aromatic nitrogens is 4. The molecule has 1 heterocycles. The van der Waals surface area contributed by atoms with Gasteiger partial charge in [-0.2, -0.15) is 0 Å². The number of halogens is 1. The summed E-state index contributed by atoms with van der Waals surface area (Å²) in [4.78, 5) is 10.8. The van der Waals surface area contributed by atoms with Crippen molar-refractivity contribution in [1.82, 2.24) is 20.2 Å². The Morgan fingerprint density at radius 1 is 1.53 bits per heavy atom. The summed E-state index contributed by atoms with van der Waals surface area (Å²) in [6.45, 7) is 3.74. The van der Waals surface area contributed by atoms with Crippen LogP contribution in [0.3, 0.4) is 0 Å². The molecule has 0 radical (unpaired) electrons. The van der Waals surface area contributed by atoms with Crippen LogP contribution in [0.4, 0.5) is 0 Å². The highest BCUT2D eigenvalue weighted by atomic mass is 79.9. The van der Waals surface area contributed by atoms with Gasteiger partial charge in [-0.1, -0.05) is 28.1 Å². The predicted molar refractivity (Wildman–Crippen MR) is 72.7 cm³/mol. The molecule has 1 N–H and O–H groups in total. The maximum atomic E-state index is 10.8. The van der Waals surface area contributed by atoms with Crippen molar-refractivity contribution >= 4 is 21.9 Å². The third kappa shape index (κ3) is 2.81. The van der Waals surface area contributed by atoms with Crippen molar-refractivity contribution in [2.24, 2.45) is 0 Å². The fourth-order valence-electron chi connectivity index (χ4n) is 1.86. The van der Waals surface area contributed by atoms with E-state index in [1.807, 2.05) is 25.1 Å². The van der Waals surface area contributed by atoms with E-state index in [0.717, 1.165) is 15.6 Å². The van der Waals surface area contributed by atoms with Crippen LogP contribution >= 0.6 is 15.9 Å². The molecule has 1 atom stereocenters. The minimum atomic E-state index is -0.875. The van der Waals surface area contributed by atoms with Gasteiger partial charge in [-0.3, -0.25) is 4.79 Å². The first kappa shape index (κ1) is 13.7. The Morgan fingerprint density at radius 3 is 2.95 bits per heavy atom. The first-order valence-corrected chi connectivity index (χ1v) is 6.55. The Bertz CT molecular complexity index is 612. The predicted octanol–water partition coefficient (Wildman–Crippen LogP) is 2.45. The molecule has 0 aliphatic heterocycles. The summed E-state index contributed by atoms with van der Waals surface area (Å²) in [6.07, 6.45) is -0.0227. The largest absolute Gasteiger partial charge is 0.481 e. The zero-order valence-electron chi connectivity index (χ0n) is 10.5. The van der Waals surface area contributed by atoms with Crippen LogP contribution in [0.2, 0.25) is 0 Å². The van der Waals surface area contributed by atoms with E-state index in [1.54, 1.807) is 11.6 Å². The molecule has 19 heavy (non-hydrogen) atoms. The summed E-state index contributed by atoms with van der Waals surface area (Å²) >= 11 is 3.46. The van der Waals surface area contributed by atoms with Gasteiger partial charge in [-0.15, -0.1) is 5.10 Å². The summed E-state index contributed by atoms with van der Waals surface area (Å²) in [5, 5.41) is 20.4. The van der Waals surface area contributed by atoms with Gasteiger partial charge in [0.15, 0.2) is 5.82 Å². The number of carbonyl (C=O) groups is 1. The molecular formula is C12H13BrN4O2. The van der Waals surface area contributed by atoms with E-state index in [9.17, 15) is 4.79 Å². The fraction of sp³-hybridized carbons (Fsp3) is 0.333. The molecule has 0 spiro atoms. The van der Waals surface area contributed by atoms with Crippen molar-refractivity contribution in [3.63, 3.8) is 0 Å². The second kappa shape index (κ2) is 5.48. The van der Waals surface area contributed by atoms with Gasteiger partial charge in [0.1, 0.15) is 0 Å². The molecule has 0 saturated heterocycles. The van der Waals surface area contributed by atoms with Gasteiger partial charge >= 0.3 is 5.97 Å². The first-order valence-electron chi connectivity index (χ1n) is 5.76. The number of benzene rings is 1. The highest BCUT2D eigenvalue weighted by Gasteiger charge is 2.18. The van der Waals surface area contributed by atoms with Crippen molar-refractivity contribution in [2.45, 2.75) is 26.3 Å². The van der Waals surface area contributed by atoms with Crippen LogP contribution in [0.15, 0.2) is 22.7 Å². The zero-order valence-corrected chi connectivity index (χ0v) is 12.1. The van der Waals surface area contributed by atoms with Crippen LogP contribution in [0.5, 0.6) is 0 Å².